The number of aryl methyl sites for hydroxylation is 1. The van der Waals surface area contributed by atoms with Gasteiger partial charge in [-0.05, 0) is 18.6 Å². The Morgan fingerprint density at radius 1 is 1.45 bits per heavy atom. The molecule has 1 saturated heterocycles. The fourth-order valence-electron chi connectivity index (χ4n) is 2.34. The van der Waals surface area contributed by atoms with Crippen LogP contribution < -0.4 is 4.74 Å². The number of hydrogen-bond donors (Lipinski definition) is 0. The Balaban J connectivity index is 1.54. The Bertz CT molecular complexity index is 665. The summed E-state index contributed by atoms with van der Waals surface area (Å²) in [5.74, 6) is 1.27. The van der Waals surface area contributed by atoms with Crippen molar-refractivity contribution < 1.29 is 14.1 Å². The summed E-state index contributed by atoms with van der Waals surface area (Å²) in [6.07, 6.45) is 1.71. The quantitative estimate of drug-likeness (QED) is 0.849. The van der Waals surface area contributed by atoms with Gasteiger partial charge in [-0.15, -0.1) is 0 Å². The Hall–Kier alpha value is -2.01. The fourth-order valence-corrected chi connectivity index (χ4v) is 2.52. The number of hydrogen-bond acceptors (Lipinski definition) is 4. The summed E-state index contributed by atoms with van der Waals surface area (Å²) < 4.78 is 10.9. The number of benzene rings is 1. The molecule has 0 atom stereocenters. The molecule has 6 heteroatoms. The predicted molar refractivity (Wildman–Crippen MR) is 82.3 cm³/mol. The van der Waals surface area contributed by atoms with Crippen molar-refractivity contribution in [3.8, 4) is 5.75 Å². The molecule has 1 fully saturated rings. The van der Waals surface area contributed by atoms with E-state index < -0.39 is 0 Å². The first kappa shape index (κ1) is 14.9. The monoisotopic (exact) mass is 320 g/mol. The second-order valence-corrected chi connectivity index (χ2v) is 5.72. The molecule has 3 rings (SSSR count). The molecule has 0 aliphatic carbocycles. The molecular formula is C16H17ClN2O3. The number of amides is 1. The highest BCUT2D eigenvalue weighted by Gasteiger charge is 2.34. The number of rotatable bonds is 5. The molecule has 1 aromatic carbocycles. The molecule has 2 aromatic rings. The summed E-state index contributed by atoms with van der Waals surface area (Å²) in [5.41, 5.74) is 0.361. The number of halogens is 1. The lowest BCUT2D eigenvalue weighted by Gasteiger charge is -2.38. The number of nitrogens with zero attached hydrogens (tertiary/aromatic N) is 2. The van der Waals surface area contributed by atoms with Gasteiger partial charge in [0, 0.05) is 12.5 Å². The third kappa shape index (κ3) is 3.09. The minimum absolute atomic E-state index is 0.0362. The topological polar surface area (TPSA) is 55.6 Å². The van der Waals surface area contributed by atoms with Crippen LogP contribution in [0.5, 0.6) is 5.75 Å². The van der Waals surface area contributed by atoms with Crippen LogP contribution in [0.15, 0.2) is 34.9 Å². The Kier molecular flexibility index (Phi) is 4.34. The average Bonchev–Trinajstić information content (AvgIpc) is 2.92. The smallest absolute Gasteiger partial charge is 0.276 e. The van der Waals surface area contributed by atoms with Gasteiger partial charge in [0.2, 0.25) is 0 Å². The second-order valence-electron chi connectivity index (χ2n) is 5.31. The molecule has 5 nitrogen and oxygen atoms in total. The zero-order valence-electron chi connectivity index (χ0n) is 12.3. The summed E-state index contributed by atoms with van der Waals surface area (Å²) in [7, 11) is 0. The number of para-hydroxylation sites is 1. The molecular weight excluding hydrogens is 304 g/mol. The number of likely N-dealkylation sites (tertiary alicyclic amines) is 1. The third-order valence-corrected chi connectivity index (χ3v) is 3.85. The van der Waals surface area contributed by atoms with Crippen molar-refractivity contribution in [2.75, 3.05) is 13.1 Å². The van der Waals surface area contributed by atoms with Crippen LogP contribution in [0, 0.1) is 0 Å². The number of carbonyl (C=O) groups is 1. The van der Waals surface area contributed by atoms with Crippen LogP contribution in [0.25, 0.3) is 0 Å². The highest BCUT2D eigenvalue weighted by atomic mass is 35.5. The van der Waals surface area contributed by atoms with Crippen LogP contribution in [0.1, 0.15) is 29.6 Å². The van der Waals surface area contributed by atoms with Crippen molar-refractivity contribution in [1.82, 2.24) is 10.1 Å². The Morgan fingerprint density at radius 3 is 2.95 bits per heavy atom. The second kappa shape index (κ2) is 6.40. The Labute approximate surface area is 133 Å². The van der Waals surface area contributed by atoms with Gasteiger partial charge in [0.25, 0.3) is 5.91 Å². The van der Waals surface area contributed by atoms with Gasteiger partial charge in [-0.2, -0.15) is 0 Å². The van der Waals surface area contributed by atoms with E-state index in [1.165, 1.54) is 0 Å². The third-order valence-electron chi connectivity index (χ3n) is 3.54. The lowest BCUT2D eigenvalue weighted by atomic mass is 10.1. The van der Waals surface area contributed by atoms with Crippen molar-refractivity contribution in [2.24, 2.45) is 0 Å². The maximum Gasteiger partial charge on any atom is 0.276 e. The summed E-state index contributed by atoms with van der Waals surface area (Å²) in [4.78, 5) is 13.9. The standard InChI is InChI=1S/C16H17ClN2O3/c1-2-5-11-8-14(18-22-11)16(20)19-9-12(10-19)21-15-7-4-3-6-13(15)17/h3-4,6-8,12H,2,5,9-10H2,1H3. The summed E-state index contributed by atoms with van der Waals surface area (Å²) in [6, 6.07) is 9.04. The van der Waals surface area contributed by atoms with E-state index in [2.05, 4.69) is 12.1 Å². The minimum atomic E-state index is -0.120. The van der Waals surface area contributed by atoms with Crippen LogP contribution in [-0.4, -0.2) is 35.2 Å². The van der Waals surface area contributed by atoms with Gasteiger partial charge in [-0.1, -0.05) is 35.8 Å². The van der Waals surface area contributed by atoms with Crippen LogP contribution >= 0.6 is 11.6 Å². The van der Waals surface area contributed by atoms with E-state index in [0.29, 0.717) is 29.6 Å². The van der Waals surface area contributed by atoms with E-state index in [9.17, 15) is 4.79 Å². The molecule has 1 aromatic heterocycles. The van der Waals surface area contributed by atoms with Crippen LogP contribution in [0.4, 0.5) is 0 Å². The van der Waals surface area contributed by atoms with Gasteiger partial charge in [0.15, 0.2) is 5.69 Å². The van der Waals surface area contributed by atoms with Gasteiger partial charge in [0.05, 0.1) is 18.1 Å². The Morgan fingerprint density at radius 2 is 2.23 bits per heavy atom. The van der Waals surface area contributed by atoms with Gasteiger partial charge >= 0.3 is 0 Å². The zero-order chi connectivity index (χ0) is 15.5. The lowest BCUT2D eigenvalue weighted by molar-refractivity contribution is 0.0171. The first-order chi connectivity index (χ1) is 10.7. The van der Waals surface area contributed by atoms with E-state index in [4.69, 9.17) is 20.9 Å². The molecule has 1 amide bonds. The zero-order valence-corrected chi connectivity index (χ0v) is 13.0. The molecule has 0 bridgehead atoms. The molecule has 22 heavy (non-hydrogen) atoms. The van der Waals surface area contributed by atoms with E-state index in [1.807, 2.05) is 18.2 Å². The maximum absolute atomic E-state index is 12.2. The molecule has 1 aliphatic rings. The molecule has 0 radical (unpaired) electrons. The number of carbonyl (C=O) groups excluding carboxylic acids is 1. The number of aromatic nitrogens is 1. The lowest BCUT2D eigenvalue weighted by Crippen LogP contribution is -2.56. The summed E-state index contributed by atoms with van der Waals surface area (Å²) >= 11 is 6.05. The summed E-state index contributed by atoms with van der Waals surface area (Å²) in [5, 5.41) is 4.41. The minimum Gasteiger partial charge on any atom is -0.485 e. The van der Waals surface area contributed by atoms with Crippen LogP contribution in [-0.2, 0) is 6.42 Å². The molecule has 116 valence electrons. The molecule has 0 N–H and O–H groups in total. The van der Waals surface area contributed by atoms with Crippen molar-refractivity contribution in [2.45, 2.75) is 25.9 Å². The SMILES string of the molecule is CCCc1cc(C(=O)N2CC(Oc3ccccc3Cl)C2)no1. The van der Waals surface area contributed by atoms with Crippen molar-refractivity contribution in [3.63, 3.8) is 0 Å². The first-order valence-electron chi connectivity index (χ1n) is 7.33. The van der Waals surface area contributed by atoms with E-state index in [0.717, 1.165) is 18.6 Å². The summed E-state index contributed by atoms with van der Waals surface area (Å²) in [6.45, 7) is 3.11. The molecule has 2 heterocycles. The maximum atomic E-state index is 12.2. The van der Waals surface area contributed by atoms with Crippen molar-refractivity contribution >= 4 is 17.5 Å². The van der Waals surface area contributed by atoms with E-state index >= 15 is 0 Å². The van der Waals surface area contributed by atoms with Gasteiger partial charge in [-0.3, -0.25) is 4.79 Å². The van der Waals surface area contributed by atoms with Crippen LogP contribution in [0.3, 0.4) is 0 Å². The largest absolute Gasteiger partial charge is 0.485 e. The highest BCUT2D eigenvalue weighted by Crippen LogP contribution is 2.26. The molecule has 1 aliphatic heterocycles. The molecule has 0 unspecified atom stereocenters. The number of ether oxygens (including phenoxy) is 1. The molecule has 0 spiro atoms. The highest BCUT2D eigenvalue weighted by molar-refractivity contribution is 6.32. The van der Waals surface area contributed by atoms with Gasteiger partial charge in [-0.25, -0.2) is 0 Å². The van der Waals surface area contributed by atoms with E-state index in [1.54, 1.807) is 17.0 Å². The average molecular weight is 321 g/mol. The van der Waals surface area contributed by atoms with E-state index in [-0.39, 0.29) is 12.0 Å². The van der Waals surface area contributed by atoms with Crippen molar-refractivity contribution in [3.05, 3.63) is 46.8 Å². The fraction of sp³-hybridized carbons (Fsp3) is 0.375. The normalized spacial score (nSPS) is 14.7. The first-order valence-corrected chi connectivity index (χ1v) is 7.71. The van der Waals surface area contributed by atoms with Gasteiger partial charge < -0.3 is 14.2 Å². The van der Waals surface area contributed by atoms with Crippen molar-refractivity contribution in [1.29, 1.82) is 0 Å². The van der Waals surface area contributed by atoms with Crippen LogP contribution in [0.2, 0.25) is 5.02 Å². The molecule has 0 saturated carbocycles. The predicted octanol–water partition coefficient (Wildman–Crippen LogP) is 3.18. The van der Waals surface area contributed by atoms with Gasteiger partial charge in [0.1, 0.15) is 17.6 Å².